The number of benzene rings is 2. The number of nitrogens with zero attached hydrogens (tertiary/aromatic N) is 5. The molecule has 3 aromatic heterocycles. The van der Waals surface area contributed by atoms with Crippen LogP contribution >= 0.6 is 0 Å². The zero-order valence-electron chi connectivity index (χ0n) is 35.2. The number of alkyl carbamates (subject to hydrolysis) is 2. The smallest absolute Gasteiger partial charge is 0.407 e. The van der Waals surface area contributed by atoms with Gasteiger partial charge < -0.3 is 49.2 Å². The number of hydrogen-bond acceptors (Lipinski definition) is 9. The molecule has 4 N–H and O–H groups in total. The minimum Gasteiger partial charge on any atom is -0.491 e. The van der Waals surface area contributed by atoms with E-state index < -0.39 is 24.3 Å². The van der Waals surface area contributed by atoms with Gasteiger partial charge in [0.05, 0.1) is 67.8 Å². The second kappa shape index (κ2) is 16.9. The quantitative estimate of drug-likeness (QED) is 0.119. The third-order valence-electron chi connectivity index (χ3n) is 12.1. The van der Waals surface area contributed by atoms with Gasteiger partial charge in [0.25, 0.3) is 0 Å². The van der Waals surface area contributed by atoms with Crippen molar-refractivity contribution < 1.29 is 37.8 Å². The topological polar surface area (TPSA) is 189 Å². The van der Waals surface area contributed by atoms with Gasteiger partial charge in [-0.3, -0.25) is 9.59 Å². The van der Waals surface area contributed by atoms with Crippen molar-refractivity contribution in [2.45, 2.75) is 84.1 Å². The second-order valence-corrected chi connectivity index (χ2v) is 16.6. The zero-order valence-corrected chi connectivity index (χ0v) is 35.2. The first kappa shape index (κ1) is 41.3. The highest BCUT2D eigenvalue weighted by Gasteiger charge is 2.39. The number of carbonyl (C=O) groups excluding carboxylic acids is 4. The molecular formula is C44H52FN9O7. The lowest BCUT2D eigenvalue weighted by Crippen LogP contribution is -2.51. The molecule has 0 aliphatic carbocycles. The first-order valence-electron chi connectivity index (χ1n) is 20.9. The van der Waals surface area contributed by atoms with Gasteiger partial charge >= 0.3 is 12.2 Å². The lowest BCUT2D eigenvalue weighted by atomic mass is 10.0. The maximum atomic E-state index is 16.7. The van der Waals surface area contributed by atoms with Gasteiger partial charge in [-0.25, -0.2) is 23.9 Å². The molecule has 0 saturated carbocycles. The molecule has 17 heteroatoms. The van der Waals surface area contributed by atoms with Gasteiger partial charge in [0.15, 0.2) is 5.82 Å². The highest BCUT2D eigenvalue weighted by molar-refractivity contribution is 5.93. The fourth-order valence-corrected chi connectivity index (χ4v) is 8.92. The first-order chi connectivity index (χ1) is 29.4. The largest absolute Gasteiger partial charge is 0.491 e. The van der Waals surface area contributed by atoms with Crippen LogP contribution < -0.4 is 15.4 Å². The summed E-state index contributed by atoms with van der Waals surface area (Å²) in [6.45, 7) is 9.34. The predicted molar refractivity (Wildman–Crippen MR) is 224 cm³/mol. The van der Waals surface area contributed by atoms with Gasteiger partial charge in [0.2, 0.25) is 11.8 Å². The fraction of sp³-hybridized carbons (Fsp3) is 0.455. The van der Waals surface area contributed by atoms with E-state index in [0.717, 1.165) is 41.6 Å². The Labute approximate surface area is 352 Å². The normalized spacial score (nSPS) is 18.4. The first-order valence-corrected chi connectivity index (χ1v) is 20.9. The Kier molecular flexibility index (Phi) is 11.5. The fourth-order valence-electron chi connectivity index (χ4n) is 8.92. The molecule has 0 bridgehead atoms. The number of ether oxygens (including phenoxy) is 3. The third-order valence-corrected chi connectivity index (χ3v) is 12.1. The molecule has 322 valence electrons. The molecule has 61 heavy (non-hydrogen) atoms. The summed E-state index contributed by atoms with van der Waals surface area (Å²) >= 11 is 0. The van der Waals surface area contributed by atoms with Gasteiger partial charge in [-0.05, 0) is 61.8 Å². The molecule has 4 amide bonds. The number of aromatic nitrogens is 5. The van der Waals surface area contributed by atoms with Gasteiger partial charge in [-0.1, -0.05) is 39.8 Å². The molecular weight excluding hydrogens is 786 g/mol. The Morgan fingerprint density at radius 1 is 0.770 bits per heavy atom. The number of halogens is 1. The maximum absolute atomic E-state index is 16.7. The predicted octanol–water partition coefficient (Wildman–Crippen LogP) is 6.71. The number of fused-ring (bicyclic) bond motifs is 5. The minimum atomic E-state index is -0.743. The summed E-state index contributed by atoms with van der Waals surface area (Å²) in [7, 11) is 2.54. The molecule has 0 radical (unpaired) electrons. The van der Waals surface area contributed by atoms with Crippen LogP contribution in [0.15, 0.2) is 48.8 Å². The number of amides is 4. The molecule has 3 aliphatic heterocycles. The summed E-state index contributed by atoms with van der Waals surface area (Å²) in [6.07, 6.45) is 5.15. The Hall–Kier alpha value is -6.39. The van der Waals surface area contributed by atoms with Gasteiger partial charge in [0.1, 0.15) is 36.1 Å². The molecule has 2 unspecified atom stereocenters. The number of H-pyrrole nitrogens is 2. The van der Waals surface area contributed by atoms with Crippen LogP contribution in [0, 0.1) is 17.7 Å². The molecule has 8 rings (SSSR count). The van der Waals surface area contributed by atoms with Crippen LogP contribution in [0.5, 0.6) is 5.75 Å². The SMILES string of the molecule is COC(=O)NC(C(=O)N1CCC[C@@H]1c1ncc(-c2ccc3c(c2)OCCn2c-3c(F)c3cc(-c4cnc([C@H]5CCCN5C(=O)C(NC(=O)OC)C(C)C)[nH]4)ccc32)[nH]1)C(C)C. The molecule has 16 nitrogen and oxygen atoms in total. The average Bonchev–Trinajstić information content (AvgIpc) is 4.11. The number of carbonyl (C=O) groups is 4. The Morgan fingerprint density at radius 2 is 1.30 bits per heavy atom. The Balaban J connectivity index is 1.03. The van der Waals surface area contributed by atoms with Crippen molar-refractivity contribution in [1.29, 1.82) is 0 Å². The lowest BCUT2D eigenvalue weighted by Gasteiger charge is -2.30. The highest BCUT2D eigenvalue weighted by Crippen LogP contribution is 2.42. The lowest BCUT2D eigenvalue weighted by molar-refractivity contribution is -0.136. The summed E-state index contributed by atoms with van der Waals surface area (Å²) in [5.41, 5.74) is 4.76. The maximum Gasteiger partial charge on any atom is 0.407 e. The molecule has 5 aromatic rings. The standard InChI is InChI=1S/C44H52FN9O7/c1-23(2)36(50-43(57)59-5)41(55)53-15-7-9-32(53)39-46-21-29(48-39)25-12-14-31-28(19-25)35(45)38-27-13-11-26(20-34(27)61-18-17-52(31)38)30-22-47-40(49-30)33-10-8-16-54(33)42(56)37(24(3)4)51-44(58)60-6/h11-14,19-24,32-33,36-37H,7-10,15-18H2,1-6H3,(H,46,48)(H,47,49)(H,50,57)(H,51,58)/t32-,33-,36?,37?/m1/s1. The van der Waals surface area contributed by atoms with E-state index in [9.17, 15) is 19.2 Å². The average molecular weight is 838 g/mol. The number of nitrogens with one attached hydrogen (secondary N) is 4. The number of hydrogen-bond donors (Lipinski definition) is 4. The highest BCUT2D eigenvalue weighted by atomic mass is 19.1. The summed E-state index contributed by atoms with van der Waals surface area (Å²) < 4.78 is 34.5. The monoisotopic (exact) mass is 837 g/mol. The van der Waals surface area contributed by atoms with Crippen LogP contribution in [0.4, 0.5) is 14.0 Å². The zero-order chi connectivity index (χ0) is 43.1. The van der Waals surface area contributed by atoms with Crippen LogP contribution in [-0.4, -0.2) is 104 Å². The van der Waals surface area contributed by atoms with Gasteiger partial charge in [-0.15, -0.1) is 0 Å². The number of methoxy groups -OCH3 is 2. The number of aromatic amines is 2. The van der Waals surface area contributed by atoms with Crippen molar-refractivity contribution in [2.75, 3.05) is 33.9 Å². The van der Waals surface area contributed by atoms with E-state index in [0.29, 0.717) is 72.4 Å². The van der Waals surface area contributed by atoms with Crippen LogP contribution in [-0.2, 0) is 25.6 Å². The molecule has 2 aromatic carbocycles. The molecule has 3 aliphatic rings. The van der Waals surface area contributed by atoms with Crippen LogP contribution in [0.2, 0.25) is 0 Å². The van der Waals surface area contributed by atoms with E-state index in [4.69, 9.17) is 14.2 Å². The molecule has 2 saturated heterocycles. The van der Waals surface area contributed by atoms with E-state index in [1.807, 2.05) is 68.7 Å². The summed E-state index contributed by atoms with van der Waals surface area (Å²) in [4.78, 5) is 71.1. The van der Waals surface area contributed by atoms with Crippen LogP contribution in [0.3, 0.4) is 0 Å². The molecule has 0 spiro atoms. The second-order valence-electron chi connectivity index (χ2n) is 16.6. The van der Waals surface area contributed by atoms with Crippen molar-refractivity contribution in [1.82, 2.24) is 44.9 Å². The van der Waals surface area contributed by atoms with Gasteiger partial charge in [-0.2, -0.15) is 0 Å². The molecule has 6 heterocycles. The van der Waals surface area contributed by atoms with Crippen molar-refractivity contribution in [2.24, 2.45) is 11.8 Å². The number of rotatable bonds is 10. The Morgan fingerprint density at radius 3 is 1.82 bits per heavy atom. The van der Waals surface area contributed by atoms with E-state index >= 15 is 4.39 Å². The van der Waals surface area contributed by atoms with Crippen molar-refractivity contribution in [3.8, 4) is 39.5 Å². The Bertz CT molecular complexity index is 2470. The van der Waals surface area contributed by atoms with Gasteiger partial charge in [0, 0.05) is 35.2 Å². The number of likely N-dealkylation sites (tertiary alicyclic amines) is 2. The minimum absolute atomic E-state index is 0.147. The van der Waals surface area contributed by atoms with E-state index in [-0.39, 0.29) is 41.6 Å². The van der Waals surface area contributed by atoms with Crippen molar-refractivity contribution >= 4 is 34.9 Å². The number of imidazole rings is 2. The molecule has 4 atom stereocenters. The van der Waals surface area contributed by atoms with Crippen LogP contribution in [0.25, 0.3) is 44.7 Å². The van der Waals surface area contributed by atoms with E-state index in [1.165, 1.54) is 14.2 Å². The molecule has 2 fully saturated rings. The summed E-state index contributed by atoms with van der Waals surface area (Å²) in [5.74, 6) is 0.769. The van der Waals surface area contributed by atoms with E-state index in [2.05, 4.69) is 30.6 Å². The van der Waals surface area contributed by atoms with Crippen molar-refractivity contribution in [3.63, 3.8) is 0 Å². The third kappa shape index (κ3) is 7.76. The van der Waals surface area contributed by atoms with E-state index in [1.54, 1.807) is 22.2 Å². The van der Waals surface area contributed by atoms with Crippen LogP contribution in [0.1, 0.15) is 77.1 Å². The summed E-state index contributed by atoms with van der Waals surface area (Å²) in [6, 6.07) is 9.25. The van der Waals surface area contributed by atoms with Crippen molar-refractivity contribution in [3.05, 3.63) is 66.3 Å². The summed E-state index contributed by atoms with van der Waals surface area (Å²) in [5, 5.41) is 5.82.